The lowest BCUT2D eigenvalue weighted by Crippen LogP contribution is -2.36. The number of ether oxygens (including phenoxy) is 1. The second-order valence-electron chi connectivity index (χ2n) is 12.2. The van der Waals surface area contributed by atoms with Crippen LogP contribution in [0.4, 0.5) is 17.6 Å². The van der Waals surface area contributed by atoms with Gasteiger partial charge in [-0.25, -0.2) is 4.39 Å². The van der Waals surface area contributed by atoms with E-state index in [0.717, 1.165) is 55.6 Å². The lowest BCUT2D eigenvalue weighted by Gasteiger charge is -2.40. The third-order valence-corrected chi connectivity index (χ3v) is 9.81. The molecule has 2 aromatic rings. The number of alkyl halides is 3. The van der Waals surface area contributed by atoms with Crippen molar-refractivity contribution in [1.82, 2.24) is 0 Å². The lowest BCUT2D eigenvalue weighted by atomic mass is 9.66. The average Bonchev–Trinajstić information content (AvgIpc) is 2.94. The number of carbonyl (C=O) groups excluding carboxylic acids is 1. The van der Waals surface area contributed by atoms with Crippen LogP contribution in [0.2, 0.25) is 0 Å². The number of esters is 1. The maximum atomic E-state index is 15.4. The number of unbranched alkanes of at least 4 members (excludes halogenated alkanes) is 2. The van der Waals surface area contributed by atoms with Crippen molar-refractivity contribution in [1.29, 1.82) is 0 Å². The number of hydrogen-bond donors (Lipinski definition) is 0. The van der Waals surface area contributed by atoms with Gasteiger partial charge in [0.2, 0.25) is 0 Å². The number of rotatable bonds is 7. The monoisotopic (exact) mass is 544 g/mol. The summed E-state index contributed by atoms with van der Waals surface area (Å²) in [5.41, 5.74) is 0.323. The summed E-state index contributed by atoms with van der Waals surface area (Å²) in [6.07, 6.45) is 11.2. The van der Waals surface area contributed by atoms with E-state index in [1.165, 1.54) is 63.5 Å². The Morgan fingerprint density at radius 2 is 1.44 bits per heavy atom. The summed E-state index contributed by atoms with van der Waals surface area (Å²) in [7, 11) is 0. The van der Waals surface area contributed by atoms with Gasteiger partial charge in [0, 0.05) is 5.56 Å². The molecule has 1 atom stereocenters. The van der Waals surface area contributed by atoms with Crippen molar-refractivity contribution >= 4 is 5.97 Å². The molecule has 212 valence electrons. The van der Waals surface area contributed by atoms with Gasteiger partial charge < -0.3 is 4.74 Å². The highest BCUT2D eigenvalue weighted by Gasteiger charge is 2.40. The molecule has 6 heteroatoms. The van der Waals surface area contributed by atoms with Crippen molar-refractivity contribution < 1.29 is 27.1 Å². The smallest absolute Gasteiger partial charge is 0.416 e. The molecule has 1 heterocycles. The standard InChI is InChI=1S/C33H40F4O2/c1-2-3-4-5-21-6-8-22(9-7-21)23-10-12-25(13-11-23)29-20-26-16-19-28(30(34)31(26)39-32(29)38)24-14-17-27(18-15-24)33(35,36)37/h14-19,21-23,25,29H,2-13,20H2,1H3. The van der Waals surface area contributed by atoms with Crippen LogP contribution in [-0.4, -0.2) is 5.97 Å². The van der Waals surface area contributed by atoms with Crippen molar-refractivity contribution in [2.75, 3.05) is 0 Å². The van der Waals surface area contributed by atoms with E-state index in [9.17, 15) is 18.0 Å². The van der Waals surface area contributed by atoms with E-state index in [2.05, 4.69) is 6.92 Å². The molecule has 2 nitrogen and oxygen atoms in total. The first-order chi connectivity index (χ1) is 18.7. The van der Waals surface area contributed by atoms with Gasteiger partial charge >= 0.3 is 12.1 Å². The Morgan fingerprint density at radius 1 is 0.821 bits per heavy atom. The molecular formula is C33H40F4O2. The summed E-state index contributed by atoms with van der Waals surface area (Å²) >= 11 is 0. The summed E-state index contributed by atoms with van der Waals surface area (Å²) in [5, 5.41) is 0. The maximum absolute atomic E-state index is 15.4. The Bertz CT molecular complexity index is 1120. The van der Waals surface area contributed by atoms with E-state index >= 15 is 4.39 Å². The summed E-state index contributed by atoms with van der Waals surface area (Å²) in [6, 6.07) is 7.71. The third-order valence-electron chi connectivity index (χ3n) is 9.81. The van der Waals surface area contributed by atoms with Gasteiger partial charge in [-0.2, -0.15) is 13.2 Å². The van der Waals surface area contributed by atoms with Crippen LogP contribution in [0, 0.1) is 35.4 Å². The number of hydrogen-bond acceptors (Lipinski definition) is 2. The Balaban J connectivity index is 1.18. The SMILES string of the molecule is CCCCCC1CCC(C2CCC(C3Cc4ccc(-c5ccc(C(F)(F)F)cc5)c(F)c4OC3=O)CC2)CC1. The molecule has 2 aromatic carbocycles. The minimum atomic E-state index is -4.45. The Morgan fingerprint density at radius 3 is 2.05 bits per heavy atom. The molecule has 2 aliphatic carbocycles. The Hall–Kier alpha value is -2.37. The van der Waals surface area contributed by atoms with Crippen molar-refractivity contribution in [2.45, 2.75) is 96.6 Å². The highest BCUT2D eigenvalue weighted by molar-refractivity contribution is 5.80. The normalized spacial score (nSPS) is 27.6. The molecule has 1 unspecified atom stereocenters. The van der Waals surface area contributed by atoms with Crippen LogP contribution < -0.4 is 4.74 Å². The molecule has 0 N–H and O–H groups in total. The maximum Gasteiger partial charge on any atom is 0.416 e. The second-order valence-corrected chi connectivity index (χ2v) is 12.2. The first kappa shape index (κ1) is 28.2. The van der Waals surface area contributed by atoms with Gasteiger partial charge in [-0.1, -0.05) is 69.7 Å². The summed E-state index contributed by atoms with van der Waals surface area (Å²) in [4.78, 5) is 13.0. The van der Waals surface area contributed by atoms with Crippen LogP contribution in [0.3, 0.4) is 0 Å². The van der Waals surface area contributed by atoms with Crippen LogP contribution in [0.25, 0.3) is 11.1 Å². The molecule has 0 amide bonds. The van der Waals surface area contributed by atoms with Crippen molar-refractivity contribution in [3.8, 4) is 16.9 Å². The Kier molecular flexibility index (Phi) is 8.68. The fourth-order valence-corrected chi connectivity index (χ4v) is 7.43. The van der Waals surface area contributed by atoms with Crippen LogP contribution in [0.15, 0.2) is 36.4 Å². The van der Waals surface area contributed by atoms with Gasteiger partial charge in [0.05, 0.1) is 11.5 Å². The van der Waals surface area contributed by atoms with Crippen LogP contribution in [0.5, 0.6) is 5.75 Å². The largest absolute Gasteiger partial charge is 0.423 e. The van der Waals surface area contributed by atoms with Crippen LogP contribution in [-0.2, 0) is 17.4 Å². The summed E-state index contributed by atoms with van der Waals surface area (Å²) < 4.78 is 59.7. The zero-order chi connectivity index (χ0) is 27.6. The molecule has 3 aliphatic rings. The average molecular weight is 545 g/mol. The predicted octanol–water partition coefficient (Wildman–Crippen LogP) is 9.78. The lowest BCUT2D eigenvalue weighted by molar-refractivity contribution is -0.143. The van der Waals surface area contributed by atoms with Gasteiger partial charge in [-0.3, -0.25) is 4.79 Å². The third kappa shape index (κ3) is 6.36. The summed E-state index contributed by atoms with van der Waals surface area (Å²) in [6.45, 7) is 2.26. The predicted molar refractivity (Wildman–Crippen MR) is 145 cm³/mol. The highest BCUT2D eigenvalue weighted by atomic mass is 19.4. The van der Waals surface area contributed by atoms with E-state index in [-0.39, 0.29) is 29.1 Å². The van der Waals surface area contributed by atoms with Gasteiger partial charge in [-0.15, -0.1) is 0 Å². The Labute approximate surface area is 229 Å². The molecule has 0 bridgehead atoms. The minimum Gasteiger partial charge on any atom is -0.423 e. The van der Waals surface area contributed by atoms with E-state index in [0.29, 0.717) is 17.5 Å². The van der Waals surface area contributed by atoms with Gasteiger partial charge in [0.25, 0.3) is 0 Å². The molecule has 0 spiro atoms. The molecule has 1 aliphatic heterocycles. The van der Waals surface area contributed by atoms with Gasteiger partial charge in [0.1, 0.15) is 0 Å². The van der Waals surface area contributed by atoms with Crippen molar-refractivity contribution in [2.24, 2.45) is 29.6 Å². The van der Waals surface area contributed by atoms with Crippen molar-refractivity contribution in [3.05, 3.63) is 53.3 Å². The molecule has 2 fully saturated rings. The molecular weight excluding hydrogens is 504 g/mol. The van der Waals surface area contributed by atoms with E-state index < -0.39 is 17.6 Å². The highest BCUT2D eigenvalue weighted by Crippen LogP contribution is 2.46. The molecule has 5 rings (SSSR count). The molecule has 39 heavy (non-hydrogen) atoms. The van der Waals surface area contributed by atoms with Gasteiger partial charge in [0.15, 0.2) is 11.6 Å². The zero-order valence-corrected chi connectivity index (χ0v) is 22.9. The molecule has 0 aromatic heterocycles. The number of halogens is 4. The van der Waals surface area contributed by atoms with E-state index in [4.69, 9.17) is 4.74 Å². The van der Waals surface area contributed by atoms with E-state index in [1.54, 1.807) is 12.1 Å². The quantitative estimate of drug-likeness (QED) is 0.150. The van der Waals surface area contributed by atoms with E-state index in [1.807, 2.05) is 0 Å². The fourth-order valence-electron chi connectivity index (χ4n) is 7.43. The number of carbonyl (C=O) groups is 1. The molecule has 0 radical (unpaired) electrons. The second kappa shape index (κ2) is 12.0. The van der Waals surface area contributed by atoms with Gasteiger partial charge in [-0.05, 0) is 91.9 Å². The zero-order valence-electron chi connectivity index (χ0n) is 22.9. The first-order valence-electron chi connectivity index (χ1n) is 14.9. The van der Waals surface area contributed by atoms with Crippen molar-refractivity contribution in [3.63, 3.8) is 0 Å². The fraction of sp³-hybridized carbons (Fsp3) is 0.606. The van der Waals surface area contributed by atoms with Crippen LogP contribution >= 0.6 is 0 Å². The minimum absolute atomic E-state index is 0.0713. The molecule has 2 saturated carbocycles. The topological polar surface area (TPSA) is 26.3 Å². The molecule has 0 saturated heterocycles. The number of fused-ring (bicyclic) bond motifs is 1. The summed E-state index contributed by atoms with van der Waals surface area (Å²) in [5.74, 6) is 1.36. The number of benzene rings is 2. The van der Waals surface area contributed by atoms with Crippen LogP contribution in [0.1, 0.15) is 95.1 Å². The first-order valence-corrected chi connectivity index (χ1v) is 14.9.